The Bertz CT molecular complexity index is 1250. The molecule has 0 amide bonds. The van der Waals surface area contributed by atoms with Crippen molar-refractivity contribution < 1.29 is 0 Å². The van der Waals surface area contributed by atoms with Crippen molar-refractivity contribution in [2.45, 2.75) is 0 Å². The maximum atomic E-state index is 6.33. The lowest BCUT2D eigenvalue weighted by atomic mass is 9.93. The summed E-state index contributed by atoms with van der Waals surface area (Å²) >= 11 is 10.0. The van der Waals surface area contributed by atoms with E-state index < -0.39 is 0 Å². The molecule has 120 valence electrons. The molecular weight excluding hydrogens is 394 g/mol. The van der Waals surface area contributed by atoms with E-state index in [1.165, 1.54) is 32.3 Å². The summed E-state index contributed by atoms with van der Waals surface area (Å²) in [5, 5.41) is 11.7. The van der Waals surface area contributed by atoms with E-state index in [1.54, 1.807) is 0 Å². The first-order valence-corrected chi connectivity index (χ1v) is 9.27. The van der Waals surface area contributed by atoms with Crippen LogP contribution in [0.3, 0.4) is 0 Å². The first-order valence-electron chi connectivity index (χ1n) is 8.10. The average Bonchev–Trinajstić information content (AvgIpc) is 2.64. The Kier molecular flexibility index (Phi) is 3.37. The molecule has 0 aliphatic rings. The van der Waals surface area contributed by atoms with Gasteiger partial charge in [-0.25, -0.2) is 0 Å². The molecule has 5 aromatic carbocycles. The first-order chi connectivity index (χ1) is 12.2. The minimum Gasteiger partial charge on any atom is -0.354 e. The SMILES string of the molecule is Clc1ccccc1Nc1ccc2ccc3c(Br)ccc4ccc1c2c43. The van der Waals surface area contributed by atoms with Crippen LogP contribution in [-0.2, 0) is 0 Å². The monoisotopic (exact) mass is 405 g/mol. The molecule has 0 bridgehead atoms. The number of nitrogens with one attached hydrogen (secondary N) is 1. The molecule has 0 unspecified atom stereocenters. The summed E-state index contributed by atoms with van der Waals surface area (Å²) in [6.45, 7) is 0. The minimum atomic E-state index is 0.718. The van der Waals surface area contributed by atoms with Crippen LogP contribution in [0.4, 0.5) is 11.4 Å². The smallest absolute Gasteiger partial charge is 0.0640 e. The van der Waals surface area contributed by atoms with Crippen molar-refractivity contribution in [3.63, 3.8) is 0 Å². The van der Waals surface area contributed by atoms with Crippen LogP contribution in [0.5, 0.6) is 0 Å². The predicted octanol–water partition coefficient (Wildman–Crippen LogP) is 7.74. The van der Waals surface area contributed by atoms with Crippen LogP contribution < -0.4 is 5.32 Å². The molecule has 0 spiro atoms. The van der Waals surface area contributed by atoms with Crippen LogP contribution in [0.25, 0.3) is 32.3 Å². The number of hydrogen-bond donors (Lipinski definition) is 1. The van der Waals surface area contributed by atoms with Gasteiger partial charge in [-0.1, -0.05) is 76.1 Å². The lowest BCUT2D eigenvalue weighted by Gasteiger charge is -2.16. The summed E-state index contributed by atoms with van der Waals surface area (Å²) in [6, 6.07) is 25.2. The van der Waals surface area contributed by atoms with Gasteiger partial charge in [-0.2, -0.15) is 0 Å². The largest absolute Gasteiger partial charge is 0.354 e. The van der Waals surface area contributed by atoms with Crippen molar-refractivity contribution in [1.29, 1.82) is 0 Å². The maximum Gasteiger partial charge on any atom is 0.0640 e. The molecule has 0 fully saturated rings. The van der Waals surface area contributed by atoms with E-state index in [-0.39, 0.29) is 0 Å². The van der Waals surface area contributed by atoms with Gasteiger partial charge < -0.3 is 5.32 Å². The van der Waals surface area contributed by atoms with Crippen molar-refractivity contribution in [1.82, 2.24) is 0 Å². The van der Waals surface area contributed by atoms with Gasteiger partial charge >= 0.3 is 0 Å². The average molecular weight is 407 g/mol. The zero-order valence-corrected chi connectivity index (χ0v) is 15.5. The summed E-state index contributed by atoms with van der Waals surface area (Å²) in [7, 11) is 0. The van der Waals surface area contributed by atoms with Crippen LogP contribution in [0.15, 0.2) is 77.3 Å². The fraction of sp³-hybridized carbons (Fsp3) is 0. The summed E-state index contributed by atoms with van der Waals surface area (Å²) in [4.78, 5) is 0. The zero-order valence-electron chi connectivity index (χ0n) is 13.2. The van der Waals surface area contributed by atoms with Crippen molar-refractivity contribution in [2.24, 2.45) is 0 Å². The summed E-state index contributed by atoms with van der Waals surface area (Å²) < 4.78 is 1.12. The van der Waals surface area contributed by atoms with E-state index in [2.05, 4.69) is 69.8 Å². The van der Waals surface area contributed by atoms with Crippen LogP contribution in [-0.4, -0.2) is 0 Å². The predicted molar refractivity (Wildman–Crippen MR) is 113 cm³/mol. The number of halogens is 2. The molecule has 3 heteroatoms. The Morgan fingerprint density at radius 2 is 1.28 bits per heavy atom. The van der Waals surface area contributed by atoms with E-state index in [9.17, 15) is 0 Å². The molecule has 5 aromatic rings. The van der Waals surface area contributed by atoms with Crippen LogP contribution in [0.2, 0.25) is 5.02 Å². The number of hydrogen-bond acceptors (Lipinski definition) is 1. The first kappa shape index (κ1) is 15.0. The van der Waals surface area contributed by atoms with E-state index >= 15 is 0 Å². The molecule has 25 heavy (non-hydrogen) atoms. The molecular formula is C22H13BrClN. The standard InChI is InChI=1S/C22H13BrClN/c23-17-11-7-13-6-10-16-19(25-20-4-2-1-3-18(20)24)12-8-14-5-9-15(17)21(13)22(14)16/h1-12,25H. The molecule has 0 saturated heterocycles. The van der Waals surface area contributed by atoms with Gasteiger partial charge in [0.1, 0.15) is 0 Å². The van der Waals surface area contributed by atoms with Crippen molar-refractivity contribution in [3.8, 4) is 0 Å². The van der Waals surface area contributed by atoms with Gasteiger partial charge in [-0.15, -0.1) is 0 Å². The molecule has 0 aliphatic heterocycles. The molecule has 1 N–H and O–H groups in total. The van der Waals surface area contributed by atoms with Gasteiger partial charge in [0, 0.05) is 15.5 Å². The quantitative estimate of drug-likeness (QED) is 0.296. The number of para-hydroxylation sites is 1. The Morgan fingerprint density at radius 3 is 2.08 bits per heavy atom. The third kappa shape index (κ3) is 2.29. The second-order valence-corrected chi connectivity index (χ2v) is 7.45. The van der Waals surface area contributed by atoms with Gasteiger partial charge in [-0.05, 0) is 51.2 Å². The fourth-order valence-corrected chi connectivity index (χ4v) is 4.23. The topological polar surface area (TPSA) is 12.0 Å². The van der Waals surface area contributed by atoms with E-state index in [0.29, 0.717) is 0 Å². The van der Waals surface area contributed by atoms with Crippen molar-refractivity contribution in [2.75, 3.05) is 5.32 Å². The van der Waals surface area contributed by atoms with Gasteiger partial charge in [0.05, 0.1) is 10.7 Å². The summed E-state index contributed by atoms with van der Waals surface area (Å²) in [5.41, 5.74) is 1.98. The van der Waals surface area contributed by atoms with Crippen LogP contribution in [0.1, 0.15) is 0 Å². The van der Waals surface area contributed by atoms with Gasteiger partial charge in [0.2, 0.25) is 0 Å². The molecule has 0 aliphatic carbocycles. The lowest BCUT2D eigenvalue weighted by molar-refractivity contribution is 1.58. The minimum absolute atomic E-state index is 0.718. The number of anilines is 2. The molecule has 5 rings (SSSR count). The van der Waals surface area contributed by atoms with Crippen LogP contribution >= 0.6 is 27.5 Å². The highest BCUT2D eigenvalue weighted by Gasteiger charge is 2.12. The van der Waals surface area contributed by atoms with E-state index in [4.69, 9.17) is 11.6 Å². The Morgan fingerprint density at radius 1 is 0.640 bits per heavy atom. The second-order valence-electron chi connectivity index (χ2n) is 6.19. The van der Waals surface area contributed by atoms with Gasteiger partial charge in [0.15, 0.2) is 0 Å². The summed E-state index contributed by atoms with van der Waals surface area (Å²) in [6.07, 6.45) is 0. The van der Waals surface area contributed by atoms with Crippen molar-refractivity contribution >= 4 is 71.2 Å². The maximum absolute atomic E-state index is 6.33. The molecule has 0 saturated carbocycles. The number of benzene rings is 5. The Balaban J connectivity index is 1.84. The molecule has 0 heterocycles. The Hall–Kier alpha value is -2.29. The van der Waals surface area contributed by atoms with Crippen LogP contribution in [0, 0.1) is 0 Å². The van der Waals surface area contributed by atoms with Gasteiger partial charge in [-0.3, -0.25) is 0 Å². The van der Waals surface area contributed by atoms with E-state index in [1.807, 2.05) is 24.3 Å². The second kappa shape index (κ2) is 5.62. The molecule has 0 atom stereocenters. The summed E-state index contributed by atoms with van der Waals surface area (Å²) in [5.74, 6) is 0. The number of rotatable bonds is 2. The third-order valence-corrected chi connectivity index (χ3v) is 5.78. The van der Waals surface area contributed by atoms with E-state index in [0.717, 1.165) is 20.9 Å². The highest BCUT2D eigenvalue weighted by Crippen LogP contribution is 2.41. The molecule has 0 radical (unpaired) electrons. The normalized spacial score (nSPS) is 11.6. The zero-order chi connectivity index (χ0) is 17.0. The highest BCUT2D eigenvalue weighted by molar-refractivity contribution is 9.10. The van der Waals surface area contributed by atoms with Crippen molar-refractivity contribution in [3.05, 3.63) is 82.3 Å². The van der Waals surface area contributed by atoms with Gasteiger partial charge in [0.25, 0.3) is 0 Å². The Labute approximate surface area is 158 Å². The third-order valence-electron chi connectivity index (χ3n) is 4.75. The molecule has 0 aromatic heterocycles. The fourth-order valence-electron chi connectivity index (χ4n) is 3.58. The molecule has 1 nitrogen and oxygen atoms in total. The lowest BCUT2D eigenvalue weighted by Crippen LogP contribution is -1.93. The highest BCUT2D eigenvalue weighted by atomic mass is 79.9.